The number of benzene rings is 2. The lowest BCUT2D eigenvalue weighted by Gasteiger charge is -2.15. The molecule has 0 aliphatic rings. The second-order valence-electron chi connectivity index (χ2n) is 4.87. The van der Waals surface area contributed by atoms with Crippen LogP contribution in [0.4, 0.5) is 0 Å². The highest BCUT2D eigenvalue weighted by molar-refractivity contribution is 9.10. The summed E-state index contributed by atoms with van der Waals surface area (Å²) in [5.74, 6) is 0.339. The van der Waals surface area contributed by atoms with Crippen molar-refractivity contribution in [2.75, 3.05) is 0 Å². The van der Waals surface area contributed by atoms with Crippen LogP contribution < -0.4 is 4.52 Å². The van der Waals surface area contributed by atoms with E-state index in [-0.39, 0.29) is 11.5 Å². The zero-order valence-corrected chi connectivity index (χ0v) is 15.5. The van der Waals surface area contributed by atoms with Crippen LogP contribution in [0, 0.1) is 6.92 Å². The van der Waals surface area contributed by atoms with E-state index in [9.17, 15) is 10.00 Å². The Balaban J connectivity index is 2.40. The monoisotopic (exact) mass is 415 g/mol. The third kappa shape index (κ3) is 3.09. The number of phenolic OH excluding ortho intramolecular Hbond substituents is 1. The number of aromatic nitrogens is 1. The Kier molecular flexibility index (Phi) is 4.12. The van der Waals surface area contributed by atoms with E-state index in [1.807, 2.05) is 31.2 Å². The van der Waals surface area contributed by atoms with Crippen LogP contribution >= 0.6 is 33.9 Å². The first-order valence-electron chi connectivity index (χ1n) is 6.22. The van der Waals surface area contributed by atoms with E-state index in [0.29, 0.717) is 15.4 Å². The van der Waals surface area contributed by atoms with Crippen molar-refractivity contribution < 1.29 is 14.5 Å². The Morgan fingerprint density at radius 2 is 2.05 bits per heavy atom. The predicted octanol–water partition coefficient (Wildman–Crippen LogP) is 4.69. The smallest absolute Gasteiger partial charge is 0.291 e. The lowest BCUT2D eigenvalue weighted by molar-refractivity contribution is 0.475. The van der Waals surface area contributed by atoms with Gasteiger partial charge in [0.05, 0.1) is 9.99 Å². The minimum atomic E-state index is -3.21. The predicted molar refractivity (Wildman–Crippen MR) is 99.5 cm³/mol. The molecule has 8 heteroatoms. The van der Waals surface area contributed by atoms with Crippen molar-refractivity contribution in [1.82, 2.24) is 4.98 Å². The average molecular weight is 416 g/mol. The fourth-order valence-corrected chi connectivity index (χ4v) is 3.55. The summed E-state index contributed by atoms with van der Waals surface area (Å²) in [6.07, 6.45) is 0. The first-order chi connectivity index (χ1) is 10.2. The molecule has 1 unspecified atom stereocenters. The highest BCUT2D eigenvalue weighted by Gasteiger charge is 2.17. The van der Waals surface area contributed by atoms with Gasteiger partial charge in [-0.1, -0.05) is 24.4 Å². The molecule has 2 aromatic carbocycles. The van der Waals surface area contributed by atoms with Gasteiger partial charge in [-0.3, -0.25) is 0 Å². The largest absolute Gasteiger partial charge is 0.506 e. The number of thiol groups is 1. The maximum atomic E-state index is 10.3. The van der Waals surface area contributed by atoms with Gasteiger partial charge in [0.15, 0.2) is 5.75 Å². The summed E-state index contributed by atoms with van der Waals surface area (Å²) < 4.78 is 5.80. The molecule has 114 valence electrons. The molecule has 2 N–H and O–H groups in total. The number of aryl methyl sites for hydroxylation is 1. The second-order valence-corrected chi connectivity index (χ2v) is 10.8. The number of aromatic hydroxyl groups is 1. The van der Waals surface area contributed by atoms with Crippen molar-refractivity contribution in [2.45, 2.75) is 6.92 Å². The number of halogens is 1. The Bertz CT molecular complexity index is 958. The summed E-state index contributed by atoms with van der Waals surface area (Å²) in [6, 6.07) is 9.20. The van der Waals surface area contributed by atoms with Crippen molar-refractivity contribution >= 4 is 67.5 Å². The lowest BCUT2D eigenvalue weighted by atomic mass is 10.1. The molecule has 1 heterocycles. The summed E-state index contributed by atoms with van der Waals surface area (Å²) in [6.45, 7) is 1.98. The van der Waals surface area contributed by atoms with Crippen molar-refractivity contribution in [1.29, 1.82) is 0 Å². The molecule has 0 bridgehead atoms. The molecule has 0 amide bonds. The zero-order valence-electron chi connectivity index (χ0n) is 11.3. The average Bonchev–Trinajstić information content (AvgIpc) is 2.41. The Morgan fingerprint density at radius 1 is 1.32 bits per heavy atom. The fraction of sp³-hybridized carbons (Fsp3) is 0.0714. The van der Waals surface area contributed by atoms with Crippen LogP contribution in [0.25, 0.3) is 21.8 Å². The van der Waals surface area contributed by atoms with Crippen molar-refractivity contribution in [2.24, 2.45) is 0 Å². The van der Waals surface area contributed by atoms with Crippen molar-refractivity contribution in [3.8, 4) is 11.5 Å². The Labute approximate surface area is 145 Å². The van der Waals surface area contributed by atoms with Crippen LogP contribution in [0.3, 0.4) is 0 Å². The first kappa shape index (κ1) is 16.0. The molecule has 1 aromatic heterocycles. The van der Waals surface area contributed by atoms with Gasteiger partial charge in [0.1, 0.15) is 11.3 Å². The molecule has 0 fully saturated rings. The van der Waals surface area contributed by atoms with Gasteiger partial charge in [-0.25, -0.2) is 4.98 Å². The van der Waals surface area contributed by atoms with Crippen LogP contribution in [-0.2, 0) is 11.8 Å². The van der Waals surface area contributed by atoms with E-state index < -0.39 is 5.69 Å². The molecule has 3 rings (SSSR count). The van der Waals surface area contributed by atoms with Gasteiger partial charge in [0.25, 0.3) is 5.69 Å². The van der Waals surface area contributed by atoms with Gasteiger partial charge in [0.2, 0.25) is 0 Å². The van der Waals surface area contributed by atoms with E-state index in [2.05, 4.69) is 33.2 Å². The van der Waals surface area contributed by atoms with Crippen LogP contribution in [0.15, 0.2) is 34.8 Å². The minimum Gasteiger partial charge on any atom is -0.506 e. The summed E-state index contributed by atoms with van der Waals surface area (Å²) in [7, 11) is 0. The molecule has 0 saturated heterocycles. The standard InChI is InChI=1S/C14H11BrNO3PS2/c1-7-2-3-8-5-9-13(16-11(8)4-7)12(19-20(18,21)22)6-10(15)14(9)17/h2-6,17H,1H3,(H2,18,21,22). The van der Waals surface area contributed by atoms with E-state index in [1.165, 1.54) is 6.07 Å². The molecule has 22 heavy (non-hydrogen) atoms. The van der Waals surface area contributed by atoms with E-state index in [1.54, 1.807) is 0 Å². The normalized spacial score (nSPS) is 14.2. The van der Waals surface area contributed by atoms with Crippen LogP contribution in [-0.4, -0.2) is 15.0 Å². The highest BCUT2D eigenvalue weighted by Crippen LogP contribution is 2.50. The molecule has 0 spiro atoms. The Hall–Kier alpha value is -0.850. The number of phenols is 1. The molecule has 0 aliphatic carbocycles. The molecule has 4 nitrogen and oxygen atoms in total. The van der Waals surface area contributed by atoms with Gasteiger partial charge in [-0.05, 0) is 52.4 Å². The van der Waals surface area contributed by atoms with Gasteiger partial charge in [-0.15, -0.1) is 0 Å². The van der Waals surface area contributed by atoms with E-state index in [4.69, 9.17) is 16.3 Å². The molecule has 0 aliphatic heterocycles. The van der Waals surface area contributed by atoms with Gasteiger partial charge < -0.3 is 14.5 Å². The minimum absolute atomic E-state index is 0.0581. The molecule has 1 atom stereocenters. The van der Waals surface area contributed by atoms with E-state index >= 15 is 0 Å². The number of hydrogen-bond acceptors (Lipinski definition) is 4. The first-order valence-corrected chi connectivity index (χ1v) is 10.8. The van der Waals surface area contributed by atoms with Crippen molar-refractivity contribution in [3.63, 3.8) is 0 Å². The van der Waals surface area contributed by atoms with Gasteiger partial charge in [-0.2, -0.15) is 0 Å². The molecule has 0 radical (unpaired) electrons. The molecular formula is C14H11BrNO3PS2. The van der Waals surface area contributed by atoms with Crippen LogP contribution in [0.1, 0.15) is 5.56 Å². The fourth-order valence-electron chi connectivity index (χ4n) is 2.22. The van der Waals surface area contributed by atoms with E-state index in [0.717, 1.165) is 16.5 Å². The molecular weight excluding hydrogens is 405 g/mol. The number of rotatable bonds is 2. The number of nitrogens with zero attached hydrogens (tertiary/aromatic N) is 1. The maximum Gasteiger partial charge on any atom is 0.291 e. The molecule has 0 saturated carbocycles. The summed E-state index contributed by atoms with van der Waals surface area (Å²) in [4.78, 5) is 14.3. The number of pyridine rings is 1. The van der Waals surface area contributed by atoms with Gasteiger partial charge >= 0.3 is 0 Å². The summed E-state index contributed by atoms with van der Waals surface area (Å²) >= 11 is 12.0. The lowest BCUT2D eigenvalue weighted by Crippen LogP contribution is -1.92. The zero-order chi connectivity index (χ0) is 16.1. The van der Waals surface area contributed by atoms with Crippen LogP contribution in [0.5, 0.6) is 11.5 Å². The topological polar surface area (TPSA) is 62.6 Å². The van der Waals surface area contributed by atoms with Crippen molar-refractivity contribution in [3.05, 3.63) is 40.4 Å². The highest BCUT2D eigenvalue weighted by atomic mass is 79.9. The summed E-state index contributed by atoms with van der Waals surface area (Å²) in [5, 5.41) is 11.7. The quantitative estimate of drug-likeness (QED) is 0.322. The third-order valence-corrected chi connectivity index (χ3v) is 4.67. The summed E-state index contributed by atoms with van der Waals surface area (Å²) in [5.41, 5.74) is -0.943. The third-order valence-electron chi connectivity index (χ3n) is 3.16. The van der Waals surface area contributed by atoms with Gasteiger partial charge in [0, 0.05) is 16.8 Å². The molecule has 3 aromatic rings. The Morgan fingerprint density at radius 3 is 2.73 bits per heavy atom. The number of fused-ring (bicyclic) bond motifs is 2. The second kappa shape index (κ2) is 5.65. The maximum absolute atomic E-state index is 10.3. The number of hydrogen-bond donors (Lipinski definition) is 3. The van der Waals surface area contributed by atoms with Crippen LogP contribution in [0.2, 0.25) is 0 Å². The SMILES string of the molecule is Cc1ccc2cc3c(O)c(Br)cc(OP(O)(=S)S)c3nc2c1.